The van der Waals surface area contributed by atoms with Crippen molar-refractivity contribution in [2.45, 2.75) is 38.5 Å². The van der Waals surface area contributed by atoms with Crippen molar-refractivity contribution in [1.29, 1.82) is 0 Å². The highest BCUT2D eigenvalue weighted by molar-refractivity contribution is 6.71. The van der Waals surface area contributed by atoms with Gasteiger partial charge in [0, 0.05) is 11.3 Å². The fourth-order valence-corrected chi connectivity index (χ4v) is 2.40. The Labute approximate surface area is 95.8 Å². The first-order valence-corrected chi connectivity index (χ1v) is 8.75. The monoisotopic (exact) mass is 243 g/mol. The first-order valence-electron chi connectivity index (χ1n) is 5.34. The molecule has 1 aliphatic rings. The Hall–Kier alpha value is -1.17. The normalized spacial score (nSPS) is 25.2. The minimum atomic E-state index is -1.97. The molecule has 0 N–H and O–H groups in total. The molecule has 0 aromatic rings. The number of carbonyl (C=O) groups is 1. The van der Waals surface area contributed by atoms with Gasteiger partial charge in [-0.15, -0.1) is 0 Å². The van der Waals surface area contributed by atoms with Crippen LogP contribution in [0.1, 0.15) is 12.8 Å². The maximum atomic E-state index is 11.8. The zero-order valence-electron chi connectivity index (χ0n) is 9.80. The SMILES string of the molecule is C[Si](C)(C)OC(=O)C1C=CCCC1[N+](=O)[O-]. The number of allylic oxidation sites excluding steroid dienone is 1. The summed E-state index contributed by atoms with van der Waals surface area (Å²) in [7, 11) is -1.97. The first-order chi connectivity index (χ1) is 7.31. The van der Waals surface area contributed by atoms with Gasteiger partial charge in [0.2, 0.25) is 14.4 Å². The van der Waals surface area contributed by atoms with Crippen LogP contribution < -0.4 is 0 Å². The van der Waals surface area contributed by atoms with Gasteiger partial charge >= 0.3 is 5.97 Å². The zero-order chi connectivity index (χ0) is 12.3. The van der Waals surface area contributed by atoms with Gasteiger partial charge in [0.05, 0.1) is 0 Å². The molecule has 0 amide bonds. The second-order valence-corrected chi connectivity index (χ2v) is 9.35. The van der Waals surface area contributed by atoms with Gasteiger partial charge in [-0.2, -0.15) is 0 Å². The summed E-state index contributed by atoms with van der Waals surface area (Å²) in [5.74, 6) is -1.16. The molecule has 0 spiro atoms. The van der Waals surface area contributed by atoms with E-state index in [1.54, 1.807) is 6.08 Å². The molecule has 5 nitrogen and oxygen atoms in total. The molecule has 0 heterocycles. The minimum absolute atomic E-state index is 0.375. The van der Waals surface area contributed by atoms with Crippen LogP contribution in [-0.2, 0) is 9.22 Å². The summed E-state index contributed by atoms with van der Waals surface area (Å²) in [5.41, 5.74) is 0. The van der Waals surface area contributed by atoms with Crippen LogP contribution in [0.15, 0.2) is 12.2 Å². The van der Waals surface area contributed by atoms with Crippen LogP contribution in [0.2, 0.25) is 19.6 Å². The fraction of sp³-hybridized carbons (Fsp3) is 0.700. The second kappa shape index (κ2) is 4.78. The standard InChI is InChI=1S/C10H17NO4Si/c1-16(2,3)15-10(12)8-6-4-5-7-9(8)11(13)14/h4,6,8-9H,5,7H2,1-3H3. The molecule has 0 radical (unpaired) electrons. The average Bonchev–Trinajstić information content (AvgIpc) is 2.15. The molecule has 2 unspecified atom stereocenters. The van der Waals surface area contributed by atoms with Crippen molar-refractivity contribution in [2.24, 2.45) is 5.92 Å². The van der Waals surface area contributed by atoms with E-state index in [-0.39, 0.29) is 4.92 Å². The summed E-state index contributed by atoms with van der Waals surface area (Å²) < 4.78 is 5.30. The summed E-state index contributed by atoms with van der Waals surface area (Å²) in [6.45, 7) is 5.66. The summed E-state index contributed by atoms with van der Waals surface area (Å²) in [5, 5.41) is 10.8. The number of carbonyl (C=O) groups excluding carboxylic acids is 1. The number of hydrogen-bond donors (Lipinski definition) is 0. The highest BCUT2D eigenvalue weighted by Crippen LogP contribution is 2.23. The molecule has 0 saturated carbocycles. The van der Waals surface area contributed by atoms with Crippen molar-refractivity contribution in [3.8, 4) is 0 Å². The molecular weight excluding hydrogens is 226 g/mol. The molecule has 0 aliphatic heterocycles. The van der Waals surface area contributed by atoms with E-state index in [2.05, 4.69) is 0 Å². The average molecular weight is 243 g/mol. The van der Waals surface area contributed by atoms with Gasteiger partial charge in [0.15, 0.2) is 0 Å². The van der Waals surface area contributed by atoms with E-state index >= 15 is 0 Å². The zero-order valence-corrected chi connectivity index (χ0v) is 10.8. The van der Waals surface area contributed by atoms with Crippen LogP contribution in [-0.4, -0.2) is 25.3 Å². The molecule has 0 aromatic carbocycles. The predicted octanol–water partition coefficient (Wildman–Crippen LogP) is 1.98. The maximum absolute atomic E-state index is 11.8. The van der Waals surface area contributed by atoms with Gasteiger partial charge in [-0.05, 0) is 26.1 Å². The van der Waals surface area contributed by atoms with E-state index in [0.29, 0.717) is 12.8 Å². The second-order valence-electron chi connectivity index (χ2n) is 4.92. The third kappa shape index (κ3) is 3.44. The third-order valence-electron chi connectivity index (χ3n) is 2.34. The lowest BCUT2D eigenvalue weighted by Crippen LogP contribution is -2.40. The topological polar surface area (TPSA) is 69.4 Å². The Balaban J connectivity index is 2.76. The molecule has 0 fully saturated rings. The molecule has 1 aliphatic carbocycles. The molecular formula is C10H17NO4Si. The molecule has 0 aromatic heterocycles. The van der Waals surface area contributed by atoms with Crippen LogP contribution in [0.4, 0.5) is 0 Å². The Morgan fingerprint density at radius 3 is 2.62 bits per heavy atom. The number of nitro groups is 1. The maximum Gasteiger partial charge on any atom is 0.306 e. The Morgan fingerprint density at radius 2 is 2.12 bits per heavy atom. The molecule has 0 saturated heterocycles. The quantitative estimate of drug-likeness (QED) is 0.329. The lowest BCUT2D eigenvalue weighted by atomic mass is 9.91. The predicted molar refractivity (Wildman–Crippen MR) is 62.1 cm³/mol. The lowest BCUT2D eigenvalue weighted by molar-refractivity contribution is -0.528. The molecule has 6 heteroatoms. The Morgan fingerprint density at radius 1 is 1.50 bits per heavy atom. The van der Waals surface area contributed by atoms with Gasteiger partial charge in [-0.25, -0.2) is 0 Å². The highest BCUT2D eigenvalue weighted by Gasteiger charge is 2.39. The largest absolute Gasteiger partial charge is 0.519 e. The van der Waals surface area contributed by atoms with Crippen molar-refractivity contribution in [1.82, 2.24) is 0 Å². The van der Waals surface area contributed by atoms with Crippen molar-refractivity contribution in [3.63, 3.8) is 0 Å². The highest BCUT2D eigenvalue weighted by atomic mass is 28.4. The number of nitrogens with zero attached hydrogens (tertiary/aromatic N) is 1. The summed E-state index contributed by atoms with van der Waals surface area (Å²) >= 11 is 0. The first kappa shape index (κ1) is 12.9. The van der Waals surface area contributed by atoms with E-state index in [1.807, 2.05) is 25.7 Å². The lowest BCUT2D eigenvalue weighted by Gasteiger charge is -2.24. The number of rotatable bonds is 3. The van der Waals surface area contributed by atoms with Crippen molar-refractivity contribution < 1.29 is 14.1 Å². The van der Waals surface area contributed by atoms with E-state index in [1.165, 1.54) is 0 Å². The van der Waals surface area contributed by atoms with E-state index in [4.69, 9.17) is 4.43 Å². The Bertz CT molecular complexity index is 321. The van der Waals surface area contributed by atoms with Crippen LogP contribution in [0, 0.1) is 16.0 Å². The summed E-state index contributed by atoms with van der Waals surface area (Å²) in [6, 6.07) is -0.825. The van der Waals surface area contributed by atoms with Crippen molar-refractivity contribution in [2.75, 3.05) is 0 Å². The van der Waals surface area contributed by atoms with Gasteiger partial charge in [-0.1, -0.05) is 12.2 Å². The smallest absolute Gasteiger partial charge is 0.306 e. The van der Waals surface area contributed by atoms with E-state index in [0.717, 1.165) is 0 Å². The molecule has 0 bridgehead atoms. The van der Waals surface area contributed by atoms with Crippen molar-refractivity contribution in [3.05, 3.63) is 22.3 Å². The van der Waals surface area contributed by atoms with Gasteiger partial charge in [0.1, 0.15) is 5.92 Å². The van der Waals surface area contributed by atoms with Crippen LogP contribution in [0.3, 0.4) is 0 Å². The summed E-state index contributed by atoms with van der Waals surface area (Å²) in [6.07, 6.45) is 4.49. The van der Waals surface area contributed by atoms with Gasteiger partial charge < -0.3 is 4.43 Å². The van der Waals surface area contributed by atoms with E-state index < -0.39 is 26.2 Å². The van der Waals surface area contributed by atoms with Gasteiger partial charge in [-0.3, -0.25) is 14.9 Å². The van der Waals surface area contributed by atoms with Gasteiger partial charge in [0.25, 0.3) is 0 Å². The van der Waals surface area contributed by atoms with Crippen LogP contribution in [0.5, 0.6) is 0 Å². The fourth-order valence-electron chi connectivity index (χ4n) is 1.66. The summed E-state index contributed by atoms with van der Waals surface area (Å²) in [4.78, 5) is 22.2. The molecule has 2 atom stereocenters. The molecule has 90 valence electrons. The molecule has 16 heavy (non-hydrogen) atoms. The number of hydrogen-bond acceptors (Lipinski definition) is 4. The van der Waals surface area contributed by atoms with Crippen LogP contribution in [0.25, 0.3) is 0 Å². The Kier molecular flexibility index (Phi) is 3.85. The van der Waals surface area contributed by atoms with Crippen LogP contribution >= 0.6 is 0 Å². The van der Waals surface area contributed by atoms with E-state index in [9.17, 15) is 14.9 Å². The van der Waals surface area contributed by atoms with Crippen molar-refractivity contribution >= 4 is 14.3 Å². The molecule has 1 rings (SSSR count). The minimum Gasteiger partial charge on any atom is -0.519 e. The third-order valence-corrected chi connectivity index (χ3v) is 3.15.